The lowest BCUT2D eigenvalue weighted by Gasteiger charge is -1.94. The Bertz CT molecular complexity index is 411. The number of hydrogen-bond acceptors (Lipinski definition) is 2. The van der Waals surface area contributed by atoms with Crippen molar-refractivity contribution in [3.63, 3.8) is 0 Å². The second-order valence-corrected chi connectivity index (χ2v) is 4.54. The third-order valence-corrected chi connectivity index (χ3v) is 3.35. The van der Waals surface area contributed by atoms with Crippen LogP contribution >= 0.6 is 22.9 Å². The summed E-state index contributed by atoms with van der Waals surface area (Å²) >= 11 is 7.35. The highest BCUT2D eigenvalue weighted by Crippen LogP contribution is 2.23. The molecule has 0 amide bonds. The lowest BCUT2D eigenvalue weighted by atomic mass is 10.2. The lowest BCUT2D eigenvalue weighted by molar-refractivity contribution is 0.900. The molecular weight excluding hydrogens is 226 g/mol. The fourth-order valence-electron chi connectivity index (χ4n) is 1.38. The maximum atomic E-state index is 5.65. The molecule has 15 heavy (non-hydrogen) atoms. The third-order valence-electron chi connectivity index (χ3n) is 2.14. The van der Waals surface area contributed by atoms with Crippen LogP contribution in [0.2, 0.25) is 0 Å². The molecule has 0 atom stereocenters. The number of hydrogen-bond donors (Lipinski definition) is 0. The second-order valence-electron chi connectivity index (χ2n) is 3.30. The zero-order valence-electron chi connectivity index (χ0n) is 8.32. The molecule has 0 aliphatic heterocycles. The fraction of sp³-hybridized carbons (Fsp3) is 0.250. The van der Waals surface area contributed by atoms with Gasteiger partial charge in [0.25, 0.3) is 0 Å². The molecule has 0 unspecified atom stereocenters. The van der Waals surface area contributed by atoms with Gasteiger partial charge >= 0.3 is 0 Å². The van der Waals surface area contributed by atoms with Gasteiger partial charge in [-0.2, -0.15) is 0 Å². The van der Waals surface area contributed by atoms with Crippen LogP contribution in [0.5, 0.6) is 0 Å². The highest BCUT2D eigenvalue weighted by molar-refractivity contribution is 7.13. The van der Waals surface area contributed by atoms with Gasteiger partial charge in [0, 0.05) is 16.8 Å². The van der Waals surface area contributed by atoms with E-state index < -0.39 is 0 Å². The van der Waals surface area contributed by atoms with E-state index in [0.29, 0.717) is 5.88 Å². The number of rotatable bonds is 4. The summed E-state index contributed by atoms with van der Waals surface area (Å²) in [6.07, 6.45) is 1.98. The zero-order valence-corrected chi connectivity index (χ0v) is 9.89. The van der Waals surface area contributed by atoms with Gasteiger partial charge in [0.05, 0.1) is 5.69 Å². The minimum atomic E-state index is 0.707. The van der Waals surface area contributed by atoms with Crippen LogP contribution in [0, 0.1) is 0 Å². The molecule has 0 radical (unpaired) electrons. The number of thiazole rings is 1. The summed E-state index contributed by atoms with van der Waals surface area (Å²) in [4.78, 5) is 4.58. The molecule has 78 valence electrons. The predicted molar refractivity (Wildman–Crippen MR) is 66.6 cm³/mol. The van der Waals surface area contributed by atoms with Crippen molar-refractivity contribution in [3.05, 3.63) is 41.4 Å². The number of nitrogens with zero attached hydrogens (tertiary/aromatic N) is 1. The Balaban J connectivity index is 2.14. The van der Waals surface area contributed by atoms with E-state index in [0.717, 1.165) is 23.5 Å². The van der Waals surface area contributed by atoms with Gasteiger partial charge in [0.2, 0.25) is 0 Å². The van der Waals surface area contributed by atoms with Crippen LogP contribution in [0.3, 0.4) is 0 Å². The Kier molecular flexibility index (Phi) is 3.75. The van der Waals surface area contributed by atoms with Gasteiger partial charge in [-0.15, -0.1) is 22.9 Å². The van der Waals surface area contributed by atoms with E-state index in [9.17, 15) is 0 Å². The Morgan fingerprint density at radius 3 is 2.73 bits per heavy atom. The van der Waals surface area contributed by atoms with Crippen LogP contribution in [0.1, 0.15) is 12.1 Å². The summed E-state index contributed by atoms with van der Waals surface area (Å²) in [6.45, 7) is 0. The largest absolute Gasteiger partial charge is 0.241 e. The molecule has 0 saturated carbocycles. The Labute approximate surface area is 98.7 Å². The fourth-order valence-corrected chi connectivity index (χ4v) is 2.38. The highest BCUT2D eigenvalue weighted by Gasteiger charge is 2.03. The summed E-state index contributed by atoms with van der Waals surface area (Å²) in [5.74, 6) is 0.707. The molecule has 0 N–H and O–H groups in total. The van der Waals surface area contributed by atoms with E-state index in [1.54, 1.807) is 11.3 Å². The van der Waals surface area contributed by atoms with Gasteiger partial charge in [-0.25, -0.2) is 4.98 Å². The van der Waals surface area contributed by atoms with Crippen molar-refractivity contribution in [1.29, 1.82) is 0 Å². The average Bonchev–Trinajstić information content (AvgIpc) is 2.76. The molecule has 1 heterocycles. The maximum absolute atomic E-state index is 5.65. The van der Waals surface area contributed by atoms with Crippen molar-refractivity contribution in [2.45, 2.75) is 12.8 Å². The first kappa shape index (κ1) is 10.7. The molecule has 1 aromatic carbocycles. The van der Waals surface area contributed by atoms with Crippen molar-refractivity contribution >= 4 is 22.9 Å². The van der Waals surface area contributed by atoms with Crippen molar-refractivity contribution in [2.75, 3.05) is 5.88 Å². The van der Waals surface area contributed by atoms with Crippen LogP contribution in [0.25, 0.3) is 10.6 Å². The van der Waals surface area contributed by atoms with Crippen molar-refractivity contribution < 1.29 is 0 Å². The first-order valence-corrected chi connectivity index (χ1v) is 6.37. The van der Waals surface area contributed by atoms with Crippen LogP contribution < -0.4 is 0 Å². The summed E-state index contributed by atoms with van der Waals surface area (Å²) < 4.78 is 0. The minimum absolute atomic E-state index is 0.707. The quantitative estimate of drug-likeness (QED) is 0.733. The average molecular weight is 238 g/mol. The molecule has 0 fully saturated rings. The van der Waals surface area contributed by atoms with E-state index in [1.807, 2.05) is 18.2 Å². The van der Waals surface area contributed by atoms with Gasteiger partial charge in [-0.05, 0) is 12.8 Å². The molecule has 3 heteroatoms. The van der Waals surface area contributed by atoms with Crippen LogP contribution in [0.15, 0.2) is 35.7 Å². The monoisotopic (exact) mass is 237 g/mol. The molecule has 2 rings (SSSR count). The number of halogens is 1. The molecule has 1 nitrogen and oxygen atoms in total. The molecule has 0 aliphatic carbocycles. The number of aryl methyl sites for hydroxylation is 1. The molecular formula is C12H12ClNS. The Hall–Kier alpha value is -0.860. The smallest absolute Gasteiger partial charge is 0.123 e. The predicted octanol–water partition coefficient (Wildman–Crippen LogP) is 3.98. The van der Waals surface area contributed by atoms with Crippen LogP contribution in [-0.2, 0) is 6.42 Å². The van der Waals surface area contributed by atoms with Crippen molar-refractivity contribution in [2.24, 2.45) is 0 Å². The van der Waals surface area contributed by atoms with E-state index in [2.05, 4.69) is 22.5 Å². The van der Waals surface area contributed by atoms with E-state index in [-0.39, 0.29) is 0 Å². The van der Waals surface area contributed by atoms with E-state index >= 15 is 0 Å². The summed E-state index contributed by atoms with van der Waals surface area (Å²) in [5.41, 5.74) is 2.35. The summed E-state index contributed by atoms with van der Waals surface area (Å²) in [6, 6.07) is 10.3. The van der Waals surface area contributed by atoms with Crippen molar-refractivity contribution in [1.82, 2.24) is 4.98 Å². The van der Waals surface area contributed by atoms with E-state index in [1.165, 1.54) is 5.56 Å². The van der Waals surface area contributed by atoms with E-state index in [4.69, 9.17) is 11.6 Å². The van der Waals surface area contributed by atoms with Gasteiger partial charge < -0.3 is 0 Å². The van der Waals surface area contributed by atoms with Crippen LogP contribution in [0.4, 0.5) is 0 Å². The first-order chi connectivity index (χ1) is 7.40. The van der Waals surface area contributed by atoms with Gasteiger partial charge in [0.15, 0.2) is 0 Å². The number of benzene rings is 1. The molecule has 0 aliphatic rings. The standard InChI is InChI=1S/C12H12ClNS/c13-8-4-7-11-9-15-12(14-11)10-5-2-1-3-6-10/h1-3,5-6,9H,4,7-8H2. The van der Waals surface area contributed by atoms with Gasteiger partial charge in [-0.3, -0.25) is 0 Å². The first-order valence-electron chi connectivity index (χ1n) is 4.96. The normalized spacial score (nSPS) is 10.5. The number of alkyl halides is 1. The number of aromatic nitrogens is 1. The highest BCUT2D eigenvalue weighted by atomic mass is 35.5. The van der Waals surface area contributed by atoms with Crippen molar-refractivity contribution in [3.8, 4) is 10.6 Å². The topological polar surface area (TPSA) is 12.9 Å². The van der Waals surface area contributed by atoms with Gasteiger partial charge in [0.1, 0.15) is 5.01 Å². The summed E-state index contributed by atoms with van der Waals surface area (Å²) in [7, 11) is 0. The molecule has 2 aromatic rings. The second kappa shape index (κ2) is 5.29. The third kappa shape index (κ3) is 2.80. The van der Waals surface area contributed by atoms with Crippen LogP contribution in [-0.4, -0.2) is 10.9 Å². The maximum Gasteiger partial charge on any atom is 0.123 e. The van der Waals surface area contributed by atoms with Gasteiger partial charge in [-0.1, -0.05) is 30.3 Å². The Morgan fingerprint density at radius 1 is 1.20 bits per heavy atom. The summed E-state index contributed by atoms with van der Waals surface area (Å²) in [5, 5.41) is 3.22. The SMILES string of the molecule is ClCCCc1csc(-c2ccccc2)n1. The zero-order chi connectivity index (χ0) is 10.5. The lowest BCUT2D eigenvalue weighted by Crippen LogP contribution is -1.86. The molecule has 0 spiro atoms. The minimum Gasteiger partial charge on any atom is -0.241 e. The Morgan fingerprint density at radius 2 is 2.00 bits per heavy atom. The molecule has 0 saturated heterocycles. The molecule has 0 bridgehead atoms. The molecule has 1 aromatic heterocycles.